The predicted molar refractivity (Wildman–Crippen MR) is 102 cm³/mol. The number of thioether (sulfide) groups is 1. The lowest BCUT2D eigenvalue weighted by Crippen LogP contribution is -2.14. The number of halogens is 1. The maximum absolute atomic E-state index is 12.6. The van der Waals surface area contributed by atoms with E-state index in [1.54, 1.807) is 4.68 Å². The average Bonchev–Trinajstić information content (AvgIpc) is 3.05. The van der Waals surface area contributed by atoms with Crippen LogP contribution in [0.1, 0.15) is 28.4 Å². The first-order valence-electron chi connectivity index (χ1n) is 7.78. The van der Waals surface area contributed by atoms with Crippen LogP contribution in [0.4, 0.5) is 0 Å². The highest BCUT2D eigenvalue weighted by atomic mass is 79.9. The van der Waals surface area contributed by atoms with Crippen molar-refractivity contribution >= 4 is 33.5 Å². The predicted octanol–water partition coefficient (Wildman–Crippen LogP) is 4.41. The summed E-state index contributed by atoms with van der Waals surface area (Å²) in [5, 5.41) is 12.3. The van der Waals surface area contributed by atoms with Gasteiger partial charge >= 0.3 is 0 Å². The molecule has 0 fully saturated rings. The lowest BCUT2D eigenvalue weighted by atomic mass is 10.1. The molecule has 3 aromatic rings. The molecular formula is C18H17BrN4OS. The van der Waals surface area contributed by atoms with Crippen LogP contribution in [0.25, 0.3) is 5.69 Å². The minimum Gasteiger partial charge on any atom is -0.293 e. The molecule has 25 heavy (non-hydrogen) atoms. The van der Waals surface area contributed by atoms with E-state index in [2.05, 4.69) is 37.5 Å². The smallest absolute Gasteiger partial charge is 0.214 e. The third-order valence-electron chi connectivity index (χ3n) is 3.81. The summed E-state index contributed by atoms with van der Waals surface area (Å²) in [7, 11) is 0. The van der Waals surface area contributed by atoms with E-state index in [1.165, 1.54) is 11.8 Å². The number of hydrogen-bond donors (Lipinski definition) is 0. The van der Waals surface area contributed by atoms with Crippen molar-refractivity contribution in [1.29, 1.82) is 0 Å². The molecule has 0 amide bonds. The van der Waals surface area contributed by atoms with Crippen LogP contribution in [-0.2, 0) is 0 Å². The van der Waals surface area contributed by atoms with Crippen molar-refractivity contribution in [1.82, 2.24) is 20.2 Å². The van der Waals surface area contributed by atoms with Crippen LogP contribution in [0, 0.1) is 13.8 Å². The molecule has 0 aliphatic heterocycles. The molecule has 2 aromatic carbocycles. The van der Waals surface area contributed by atoms with Gasteiger partial charge < -0.3 is 0 Å². The lowest BCUT2D eigenvalue weighted by Gasteiger charge is -2.12. The Balaban J connectivity index is 1.84. The molecule has 0 radical (unpaired) electrons. The fraction of sp³-hybridized carbons (Fsp3) is 0.222. The van der Waals surface area contributed by atoms with Crippen LogP contribution in [0.2, 0.25) is 0 Å². The van der Waals surface area contributed by atoms with E-state index in [0.717, 1.165) is 21.3 Å². The van der Waals surface area contributed by atoms with Gasteiger partial charge in [-0.2, -0.15) is 4.68 Å². The van der Waals surface area contributed by atoms with Crippen molar-refractivity contribution in [3.63, 3.8) is 0 Å². The summed E-state index contributed by atoms with van der Waals surface area (Å²) >= 11 is 4.74. The average molecular weight is 417 g/mol. The number of ketones is 1. The zero-order chi connectivity index (χ0) is 18.0. The van der Waals surface area contributed by atoms with Crippen molar-refractivity contribution < 1.29 is 4.79 Å². The van der Waals surface area contributed by atoms with Gasteiger partial charge in [-0.3, -0.25) is 4.79 Å². The number of tetrazole rings is 1. The molecular weight excluding hydrogens is 400 g/mol. The van der Waals surface area contributed by atoms with E-state index in [4.69, 9.17) is 0 Å². The molecule has 0 saturated heterocycles. The molecule has 0 saturated carbocycles. The van der Waals surface area contributed by atoms with Gasteiger partial charge in [0.05, 0.1) is 10.9 Å². The lowest BCUT2D eigenvalue weighted by molar-refractivity contribution is 0.0994. The molecule has 7 heteroatoms. The van der Waals surface area contributed by atoms with Crippen LogP contribution in [0.5, 0.6) is 0 Å². The quantitative estimate of drug-likeness (QED) is 0.455. The van der Waals surface area contributed by atoms with Crippen LogP contribution >= 0.6 is 27.7 Å². The zero-order valence-corrected chi connectivity index (χ0v) is 16.5. The monoisotopic (exact) mass is 416 g/mol. The largest absolute Gasteiger partial charge is 0.293 e. The van der Waals surface area contributed by atoms with E-state index >= 15 is 0 Å². The summed E-state index contributed by atoms with van der Waals surface area (Å²) in [6, 6.07) is 13.5. The Labute approximate surface area is 159 Å². The number of aromatic nitrogens is 4. The van der Waals surface area contributed by atoms with E-state index in [1.807, 2.05) is 57.2 Å². The van der Waals surface area contributed by atoms with E-state index in [0.29, 0.717) is 10.7 Å². The molecule has 128 valence electrons. The Bertz CT molecular complexity index is 908. The van der Waals surface area contributed by atoms with Crippen molar-refractivity contribution in [3.05, 3.63) is 63.6 Å². The zero-order valence-electron chi connectivity index (χ0n) is 14.1. The fourth-order valence-corrected chi connectivity index (χ4v) is 3.55. The summed E-state index contributed by atoms with van der Waals surface area (Å²) in [5.41, 5.74) is 3.81. The van der Waals surface area contributed by atoms with E-state index < -0.39 is 0 Å². The SMILES string of the molecule is Cc1ccc(C)c(-n2nnnc2SC(C)C(=O)c2ccc(Br)cc2)c1. The Hall–Kier alpha value is -1.99. The summed E-state index contributed by atoms with van der Waals surface area (Å²) in [6.45, 7) is 5.91. The molecule has 1 atom stereocenters. The summed E-state index contributed by atoms with van der Waals surface area (Å²) in [5.74, 6) is 0.0491. The van der Waals surface area contributed by atoms with Gasteiger partial charge in [0.25, 0.3) is 0 Å². The molecule has 0 bridgehead atoms. The molecule has 1 aromatic heterocycles. The van der Waals surface area contributed by atoms with Crippen molar-refractivity contribution in [3.8, 4) is 5.69 Å². The summed E-state index contributed by atoms with van der Waals surface area (Å²) < 4.78 is 2.64. The molecule has 0 spiro atoms. The maximum Gasteiger partial charge on any atom is 0.214 e. The number of nitrogens with zero attached hydrogens (tertiary/aromatic N) is 4. The third kappa shape index (κ3) is 3.99. The molecule has 5 nitrogen and oxygen atoms in total. The van der Waals surface area contributed by atoms with Crippen molar-refractivity contribution in [2.45, 2.75) is 31.2 Å². The number of carbonyl (C=O) groups excluding carboxylic acids is 1. The van der Waals surface area contributed by atoms with Crippen LogP contribution in [0.3, 0.4) is 0 Å². The summed E-state index contributed by atoms with van der Waals surface area (Å²) in [4.78, 5) is 12.6. The van der Waals surface area contributed by atoms with Crippen molar-refractivity contribution in [2.75, 3.05) is 0 Å². The van der Waals surface area contributed by atoms with Gasteiger partial charge in [-0.05, 0) is 60.5 Å². The topological polar surface area (TPSA) is 60.7 Å². The Kier molecular flexibility index (Phi) is 5.34. The second kappa shape index (κ2) is 7.49. The molecule has 0 aliphatic carbocycles. The fourth-order valence-electron chi connectivity index (χ4n) is 2.41. The van der Waals surface area contributed by atoms with Crippen LogP contribution in [-0.4, -0.2) is 31.2 Å². The van der Waals surface area contributed by atoms with E-state index in [9.17, 15) is 4.79 Å². The normalized spacial score (nSPS) is 12.2. The van der Waals surface area contributed by atoms with Crippen molar-refractivity contribution in [2.24, 2.45) is 0 Å². The van der Waals surface area contributed by atoms with Gasteiger partial charge in [0.15, 0.2) is 5.78 Å². The van der Waals surface area contributed by atoms with Crippen LogP contribution in [0.15, 0.2) is 52.1 Å². The first kappa shape index (κ1) is 17.8. The highest BCUT2D eigenvalue weighted by Crippen LogP contribution is 2.27. The molecule has 1 heterocycles. The Morgan fingerprint density at radius 3 is 2.60 bits per heavy atom. The first-order chi connectivity index (χ1) is 12.0. The van der Waals surface area contributed by atoms with E-state index in [-0.39, 0.29) is 11.0 Å². The van der Waals surface area contributed by atoms with Gasteiger partial charge in [-0.1, -0.05) is 52.0 Å². The number of Topliss-reactive ketones (excluding diaryl/α,β-unsaturated/α-hetero) is 1. The number of benzene rings is 2. The molecule has 3 rings (SSSR count). The second-order valence-corrected chi connectivity index (χ2v) is 8.02. The van der Waals surface area contributed by atoms with Gasteiger partial charge in [0.2, 0.25) is 5.16 Å². The standard InChI is InChI=1S/C18H17BrN4OS/c1-11-4-5-12(2)16(10-11)23-18(20-21-22-23)25-13(3)17(24)14-6-8-15(19)9-7-14/h4-10,13H,1-3H3. The molecule has 1 unspecified atom stereocenters. The highest BCUT2D eigenvalue weighted by molar-refractivity contribution is 9.10. The number of carbonyl (C=O) groups is 1. The minimum absolute atomic E-state index is 0.0491. The summed E-state index contributed by atoms with van der Waals surface area (Å²) in [6.07, 6.45) is 0. The maximum atomic E-state index is 12.6. The van der Waals surface area contributed by atoms with Gasteiger partial charge in [-0.15, -0.1) is 5.10 Å². The van der Waals surface area contributed by atoms with Gasteiger partial charge in [-0.25, -0.2) is 0 Å². The number of hydrogen-bond acceptors (Lipinski definition) is 5. The van der Waals surface area contributed by atoms with Crippen LogP contribution < -0.4 is 0 Å². The van der Waals surface area contributed by atoms with Gasteiger partial charge in [0, 0.05) is 10.0 Å². The third-order valence-corrected chi connectivity index (χ3v) is 5.38. The second-order valence-electron chi connectivity index (χ2n) is 5.79. The first-order valence-corrected chi connectivity index (χ1v) is 9.45. The number of aryl methyl sites for hydroxylation is 2. The molecule has 0 aliphatic rings. The Morgan fingerprint density at radius 2 is 1.88 bits per heavy atom. The highest BCUT2D eigenvalue weighted by Gasteiger charge is 2.21. The minimum atomic E-state index is -0.295. The molecule has 0 N–H and O–H groups in total. The number of rotatable bonds is 5. The van der Waals surface area contributed by atoms with Gasteiger partial charge in [0.1, 0.15) is 0 Å². The Morgan fingerprint density at radius 1 is 1.16 bits per heavy atom.